The van der Waals surface area contributed by atoms with E-state index in [1.165, 1.54) is 12.2 Å². The van der Waals surface area contributed by atoms with Gasteiger partial charge in [-0.05, 0) is 32.1 Å². The molecule has 132 valence electrons. The monoisotopic (exact) mass is 361 g/mol. The molecule has 0 saturated carbocycles. The van der Waals surface area contributed by atoms with Crippen molar-refractivity contribution in [3.05, 3.63) is 12.4 Å². The van der Waals surface area contributed by atoms with Crippen LogP contribution in [0, 0.1) is 0 Å². The Morgan fingerprint density at radius 1 is 1.35 bits per heavy atom. The number of carboxylic acid groups (broad SMARTS) is 1. The van der Waals surface area contributed by atoms with Gasteiger partial charge >= 0.3 is 5.97 Å². The van der Waals surface area contributed by atoms with Crippen LogP contribution < -0.4 is 16.4 Å². The smallest absolute Gasteiger partial charge is 0.326 e. The Kier molecular flexibility index (Phi) is 10.0. The summed E-state index contributed by atoms with van der Waals surface area (Å²) in [6, 6.07) is -0.836. The molecule has 0 aromatic heterocycles. The number of carboxylic acids is 1. The molecule has 1 amide bonds. The number of unbranched alkanes of at least 4 members (excludes halogenated alkanes) is 1. The first kappa shape index (κ1) is 20.0. The minimum Gasteiger partial charge on any atom is -0.480 e. The van der Waals surface area contributed by atoms with Gasteiger partial charge in [0.05, 0.1) is 5.82 Å². The van der Waals surface area contributed by atoms with Gasteiger partial charge < -0.3 is 21.5 Å². The van der Waals surface area contributed by atoms with E-state index in [1.54, 1.807) is 0 Å². The van der Waals surface area contributed by atoms with Crippen LogP contribution in [0.5, 0.6) is 0 Å². The van der Waals surface area contributed by atoms with Crippen molar-refractivity contribution in [1.82, 2.24) is 10.6 Å². The predicted octanol–water partition coefficient (Wildman–Crippen LogP) is 2.07. The maximum absolute atomic E-state index is 11.9. The van der Waals surface area contributed by atoms with E-state index < -0.39 is 12.0 Å². The van der Waals surface area contributed by atoms with Gasteiger partial charge in [0.1, 0.15) is 6.04 Å². The Morgan fingerprint density at radius 2 is 2.13 bits per heavy atom. The molecule has 5 N–H and O–H groups in total. The van der Waals surface area contributed by atoms with Gasteiger partial charge in [0, 0.05) is 24.0 Å². The van der Waals surface area contributed by atoms with Crippen LogP contribution in [0.2, 0.25) is 0 Å². The van der Waals surface area contributed by atoms with Crippen LogP contribution in [0.3, 0.4) is 0 Å². The van der Waals surface area contributed by atoms with Crippen molar-refractivity contribution in [2.45, 2.75) is 56.2 Å². The van der Waals surface area contributed by atoms with Crippen molar-refractivity contribution in [3.8, 4) is 0 Å². The summed E-state index contributed by atoms with van der Waals surface area (Å²) >= 11 is 0. The summed E-state index contributed by atoms with van der Waals surface area (Å²) < 4.78 is 0. The topological polar surface area (TPSA) is 104 Å². The predicted molar refractivity (Wildman–Crippen MR) is 97.1 cm³/mol. The highest BCUT2D eigenvalue weighted by molar-refractivity contribution is 8.77. The lowest BCUT2D eigenvalue weighted by molar-refractivity contribution is -0.142. The summed E-state index contributed by atoms with van der Waals surface area (Å²) in [5.41, 5.74) is 5.37. The molecule has 0 spiro atoms. The average Bonchev–Trinajstić information content (AvgIpc) is 2.99. The van der Waals surface area contributed by atoms with Gasteiger partial charge in [-0.15, -0.1) is 0 Å². The van der Waals surface area contributed by atoms with Gasteiger partial charge in [-0.2, -0.15) is 0 Å². The van der Waals surface area contributed by atoms with E-state index in [0.29, 0.717) is 31.6 Å². The fourth-order valence-corrected chi connectivity index (χ4v) is 5.33. The van der Waals surface area contributed by atoms with Crippen molar-refractivity contribution < 1.29 is 14.7 Å². The maximum atomic E-state index is 11.9. The second kappa shape index (κ2) is 11.5. The van der Waals surface area contributed by atoms with Gasteiger partial charge in [0.2, 0.25) is 5.91 Å². The second-order valence-electron chi connectivity index (χ2n) is 5.63. The Bertz CT molecular complexity index is 401. The third-order valence-corrected chi connectivity index (χ3v) is 6.57. The molecule has 0 aliphatic carbocycles. The van der Waals surface area contributed by atoms with Crippen LogP contribution in [0.1, 0.15) is 44.9 Å². The number of carbonyl (C=O) groups excluding carboxylic acids is 1. The van der Waals surface area contributed by atoms with E-state index in [4.69, 9.17) is 10.8 Å². The van der Waals surface area contributed by atoms with E-state index in [2.05, 4.69) is 17.2 Å². The number of aliphatic carboxylic acids is 1. The van der Waals surface area contributed by atoms with Crippen LogP contribution in [-0.2, 0) is 9.59 Å². The van der Waals surface area contributed by atoms with Crippen LogP contribution in [-0.4, -0.2) is 40.6 Å². The zero-order valence-corrected chi connectivity index (χ0v) is 15.0. The van der Waals surface area contributed by atoms with Crippen molar-refractivity contribution in [1.29, 1.82) is 0 Å². The Morgan fingerprint density at radius 3 is 2.74 bits per heavy atom. The zero-order chi connectivity index (χ0) is 17.1. The molecule has 0 aromatic rings. The highest BCUT2D eigenvalue weighted by Crippen LogP contribution is 2.39. The highest BCUT2D eigenvalue weighted by atomic mass is 33.1. The molecule has 8 heteroatoms. The van der Waals surface area contributed by atoms with Crippen molar-refractivity contribution >= 4 is 33.5 Å². The molecular formula is C15H27N3O3S2. The van der Waals surface area contributed by atoms with E-state index in [1.807, 2.05) is 21.6 Å². The molecule has 1 aliphatic rings. The number of rotatable bonds is 12. The van der Waals surface area contributed by atoms with E-state index >= 15 is 0 Å². The summed E-state index contributed by atoms with van der Waals surface area (Å²) in [7, 11) is 3.87. The largest absolute Gasteiger partial charge is 0.480 e. The average molecular weight is 362 g/mol. The quantitative estimate of drug-likeness (QED) is 0.311. The van der Waals surface area contributed by atoms with Gasteiger partial charge in [0.25, 0.3) is 0 Å². The molecule has 23 heavy (non-hydrogen) atoms. The van der Waals surface area contributed by atoms with Gasteiger partial charge in [-0.25, -0.2) is 4.79 Å². The highest BCUT2D eigenvalue weighted by Gasteiger charge is 2.19. The van der Waals surface area contributed by atoms with Crippen LogP contribution >= 0.6 is 21.6 Å². The molecule has 1 rings (SSSR count). The summed E-state index contributed by atoms with van der Waals surface area (Å²) in [6.45, 7) is 4.05. The lowest BCUT2D eigenvalue weighted by Gasteiger charge is -2.15. The van der Waals surface area contributed by atoms with Crippen LogP contribution in [0.15, 0.2) is 12.4 Å². The summed E-state index contributed by atoms with van der Waals surface area (Å²) in [6.07, 6.45) is 5.60. The maximum Gasteiger partial charge on any atom is 0.326 e. The van der Waals surface area contributed by atoms with Crippen LogP contribution in [0.25, 0.3) is 0 Å². The van der Waals surface area contributed by atoms with E-state index in [9.17, 15) is 9.59 Å². The minimum absolute atomic E-state index is 0.179. The molecular weight excluding hydrogens is 334 g/mol. The molecule has 6 nitrogen and oxygen atoms in total. The molecule has 0 unspecified atom stereocenters. The van der Waals surface area contributed by atoms with Gasteiger partial charge in [-0.3, -0.25) is 4.79 Å². The van der Waals surface area contributed by atoms with Crippen molar-refractivity contribution in [2.24, 2.45) is 5.73 Å². The zero-order valence-electron chi connectivity index (χ0n) is 13.4. The van der Waals surface area contributed by atoms with E-state index in [-0.39, 0.29) is 5.91 Å². The Labute approximate surface area is 145 Å². The minimum atomic E-state index is -0.996. The molecule has 0 radical (unpaired) electrons. The lowest BCUT2D eigenvalue weighted by Crippen LogP contribution is -2.41. The number of amides is 1. The number of hydrogen-bond acceptors (Lipinski definition) is 6. The third-order valence-electron chi connectivity index (χ3n) is 3.56. The summed E-state index contributed by atoms with van der Waals surface area (Å²) in [4.78, 5) is 23.0. The Hall–Kier alpha value is -1.02. The summed E-state index contributed by atoms with van der Waals surface area (Å²) in [5, 5.41) is 15.3. The number of nitrogens with two attached hydrogens (primary N) is 1. The van der Waals surface area contributed by atoms with Crippen LogP contribution in [0.4, 0.5) is 0 Å². The number of carbonyl (C=O) groups is 2. The fourth-order valence-electron chi connectivity index (χ4n) is 2.30. The molecule has 1 aliphatic heterocycles. The number of hydrogen-bond donors (Lipinski definition) is 4. The van der Waals surface area contributed by atoms with Gasteiger partial charge in [0.15, 0.2) is 0 Å². The molecule has 0 bridgehead atoms. The van der Waals surface area contributed by atoms with Crippen molar-refractivity contribution in [2.75, 3.05) is 12.3 Å². The molecule has 1 saturated heterocycles. The second-order valence-corrected chi connectivity index (χ2v) is 8.41. The Balaban J connectivity index is 2.14. The first-order valence-electron chi connectivity index (χ1n) is 7.97. The fraction of sp³-hybridized carbons (Fsp3) is 0.733. The molecule has 1 heterocycles. The number of nitrogens with one attached hydrogen (secondary N) is 2. The molecule has 0 aromatic carbocycles. The first-order chi connectivity index (χ1) is 11.0. The third kappa shape index (κ3) is 9.65. The van der Waals surface area contributed by atoms with Crippen molar-refractivity contribution in [3.63, 3.8) is 0 Å². The normalized spacial score (nSPS) is 18.3. The SMILES string of the molecule is C=C(N)NCCC[C@H](NC(=O)CCCC[C@@H]1CCSS1)C(=O)O. The molecule has 1 fully saturated rings. The molecule has 2 atom stereocenters. The first-order valence-corrected chi connectivity index (χ1v) is 10.4. The van der Waals surface area contributed by atoms with Gasteiger partial charge in [-0.1, -0.05) is 34.6 Å². The van der Waals surface area contributed by atoms with E-state index in [0.717, 1.165) is 24.5 Å². The lowest BCUT2D eigenvalue weighted by atomic mass is 10.1. The summed E-state index contributed by atoms with van der Waals surface area (Å²) in [5.74, 6) is 0.411. The standard InChI is InChI=1S/C15H27N3O3S2/c1-11(16)17-9-4-6-13(15(20)21)18-14(19)7-3-2-5-12-8-10-22-23-12/h12-13,17H,1-10,16H2,(H,18,19)(H,20,21)/t12-,13+/m1/s1.